The lowest BCUT2D eigenvalue weighted by molar-refractivity contribution is -0.167. The number of hydrogen-bond donors (Lipinski definition) is 0. The van der Waals surface area contributed by atoms with Crippen LogP contribution in [-0.4, -0.2) is 54.2 Å². The number of alkyl halides is 3. The van der Waals surface area contributed by atoms with Crippen molar-refractivity contribution in [2.75, 3.05) is 26.3 Å². The molecule has 1 heterocycles. The average molecular weight is 430 g/mol. The molecule has 0 bridgehead atoms. The molecule has 0 saturated heterocycles. The predicted molar refractivity (Wildman–Crippen MR) is 102 cm³/mol. The van der Waals surface area contributed by atoms with E-state index in [1.807, 2.05) is 19.1 Å². The Kier molecular flexibility index (Phi) is 8.00. The highest BCUT2D eigenvalue weighted by molar-refractivity contribution is 7.13. The van der Waals surface area contributed by atoms with Gasteiger partial charge in [0.2, 0.25) is 5.91 Å². The van der Waals surface area contributed by atoms with Gasteiger partial charge in [0.15, 0.2) is 0 Å². The van der Waals surface area contributed by atoms with E-state index in [4.69, 9.17) is 4.74 Å². The van der Waals surface area contributed by atoms with E-state index in [0.29, 0.717) is 28.0 Å². The highest BCUT2D eigenvalue weighted by atomic mass is 32.1. The number of rotatable bonds is 9. The SMILES string of the molecule is CCOC(=O)CN(CC(F)(F)F)C(=O)Cc1csc(-c2ccc(OCC)cc2)n1. The number of amides is 1. The highest BCUT2D eigenvalue weighted by Gasteiger charge is 2.34. The molecule has 1 amide bonds. The number of halogens is 3. The normalized spacial score (nSPS) is 11.2. The Morgan fingerprint density at radius 1 is 1.14 bits per heavy atom. The van der Waals surface area contributed by atoms with Crippen molar-refractivity contribution in [1.29, 1.82) is 0 Å². The quantitative estimate of drug-likeness (QED) is 0.568. The van der Waals surface area contributed by atoms with Crippen molar-refractivity contribution in [2.24, 2.45) is 0 Å². The minimum absolute atomic E-state index is 0.0183. The van der Waals surface area contributed by atoms with Gasteiger partial charge in [0.05, 0.1) is 25.3 Å². The van der Waals surface area contributed by atoms with Crippen LogP contribution in [0.25, 0.3) is 10.6 Å². The zero-order valence-corrected chi connectivity index (χ0v) is 16.8. The van der Waals surface area contributed by atoms with Crippen LogP contribution in [0.1, 0.15) is 19.5 Å². The summed E-state index contributed by atoms with van der Waals surface area (Å²) >= 11 is 1.27. The van der Waals surface area contributed by atoms with Crippen LogP contribution in [0.5, 0.6) is 5.75 Å². The van der Waals surface area contributed by atoms with Gasteiger partial charge in [0.25, 0.3) is 0 Å². The van der Waals surface area contributed by atoms with E-state index in [2.05, 4.69) is 9.72 Å². The summed E-state index contributed by atoms with van der Waals surface area (Å²) < 4.78 is 48.4. The molecule has 1 aromatic carbocycles. The maximum atomic E-state index is 12.8. The Morgan fingerprint density at radius 3 is 2.41 bits per heavy atom. The van der Waals surface area contributed by atoms with Gasteiger partial charge in [0.1, 0.15) is 23.8 Å². The first-order valence-electron chi connectivity index (χ1n) is 8.89. The Bertz CT molecular complexity index is 822. The van der Waals surface area contributed by atoms with Crippen molar-refractivity contribution in [1.82, 2.24) is 9.88 Å². The average Bonchev–Trinajstić information content (AvgIpc) is 3.09. The monoisotopic (exact) mass is 430 g/mol. The van der Waals surface area contributed by atoms with E-state index >= 15 is 0 Å². The summed E-state index contributed by atoms with van der Waals surface area (Å²) in [5.41, 5.74) is 1.13. The Balaban J connectivity index is 2.08. The Hall–Kier alpha value is -2.62. The summed E-state index contributed by atoms with van der Waals surface area (Å²) in [5, 5.41) is 2.24. The fourth-order valence-corrected chi connectivity index (χ4v) is 3.28. The third-order valence-corrected chi connectivity index (χ3v) is 4.58. The Morgan fingerprint density at radius 2 is 1.83 bits per heavy atom. The number of ether oxygens (including phenoxy) is 2. The smallest absolute Gasteiger partial charge is 0.406 e. The van der Waals surface area contributed by atoms with Gasteiger partial charge in [0, 0.05) is 10.9 Å². The number of carbonyl (C=O) groups is 2. The van der Waals surface area contributed by atoms with E-state index in [1.54, 1.807) is 17.5 Å². The van der Waals surface area contributed by atoms with Gasteiger partial charge < -0.3 is 14.4 Å². The van der Waals surface area contributed by atoms with Crippen LogP contribution < -0.4 is 4.74 Å². The second kappa shape index (κ2) is 10.2. The lowest BCUT2D eigenvalue weighted by Crippen LogP contribution is -2.43. The van der Waals surface area contributed by atoms with Gasteiger partial charge in [-0.1, -0.05) is 0 Å². The van der Waals surface area contributed by atoms with E-state index in [1.165, 1.54) is 18.3 Å². The topological polar surface area (TPSA) is 68.7 Å². The van der Waals surface area contributed by atoms with E-state index in [-0.39, 0.29) is 13.0 Å². The zero-order valence-electron chi connectivity index (χ0n) is 16.0. The molecule has 0 N–H and O–H groups in total. The predicted octanol–water partition coefficient (Wildman–Crippen LogP) is 3.71. The maximum absolute atomic E-state index is 12.8. The van der Waals surface area contributed by atoms with Gasteiger partial charge >= 0.3 is 12.1 Å². The molecule has 0 spiro atoms. The summed E-state index contributed by atoms with van der Waals surface area (Å²) in [5.74, 6) is -1.03. The van der Waals surface area contributed by atoms with Crippen LogP contribution in [0.2, 0.25) is 0 Å². The molecule has 1 aromatic heterocycles. The maximum Gasteiger partial charge on any atom is 0.406 e. The summed E-state index contributed by atoms with van der Waals surface area (Å²) in [4.78, 5) is 28.7. The molecule has 0 saturated carbocycles. The number of esters is 1. The molecule has 0 radical (unpaired) electrons. The van der Waals surface area contributed by atoms with Crippen molar-refractivity contribution >= 4 is 23.2 Å². The lowest BCUT2D eigenvalue weighted by atomic mass is 10.2. The van der Waals surface area contributed by atoms with Crippen molar-refractivity contribution in [2.45, 2.75) is 26.4 Å². The molecular weight excluding hydrogens is 409 g/mol. The van der Waals surface area contributed by atoms with Gasteiger partial charge in [-0.2, -0.15) is 13.2 Å². The van der Waals surface area contributed by atoms with Crippen molar-refractivity contribution in [3.63, 3.8) is 0 Å². The molecule has 158 valence electrons. The fraction of sp³-hybridized carbons (Fsp3) is 0.421. The van der Waals surface area contributed by atoms with E-state index in [0.717, 1.165) is 5.56 Å². The summed E-state index contributed by atoms with van der Waals surface area (Å²) in [6.45, 7) is 1.68. The molecule has 0 fully saturated rings. The molecule has 29 heavy (non-hydrogen) atoms. The molecule has 10 heteroatoms. The highest BCUT2D eigenvalue weighted by Crippen LogP contribution is 2.26. The lowest BCUT2D eigenvalue weighted by Gasteiger charge is -2.22. The first-order chi connectivity index (χ1) is 13.7. The second-order valence-corrected chi connectivity index (χ2v) is 6.81. The van der Waals surface area contributed by atoms with Crippen LogP contribution >= 0.6 is 11.3 Å². The molecule has 0 aliphatic rings. The van der Waals surface area contributed by atoms with Gasteiger partial charge in [-0.15, -0.1) is 11.3 Å². The number of thiazole rings is 1. The van der Waals surface area contributed by atoms with Crippen LogP contribution in [0.15, 0.2) is 29.6 Å². The fourth-order valence-electron chi connectivity index (χ4n) is 2.46. The van der Waals surface area contributed by atoms with E-state index in [9.17, 15) is 22.8 Å². The molecule has 2 aromatic rings. The summed E-state index contributed by atoms with van der Waals surface area (Å²) in [6.07, 6.45) is -4.97. The van der Waals surface area contributed by atoms with Crippen LogP contribution in [0.4, 0.5) is 13.2 Å². The third-order valence-electron chi connectivity index (χ3n) is 3.64. The third kappa shape index (κ3) is 7.37. The largest absolute Gasteiger partial charge is 0.494 e. The number of nitrogens with zero attached hydrogens (tertiary/aromatic N) is 2. The molecule has 0 unspecified atom stereocenters. The van der Waals surface area contributed by atoms with Gasteiger partial charge in [-0.05, 0) is 38.1 Å². The molecule has 0 atom stereocenters. The number of carbonyl (C=O) groups excluding carboxylic acids is 2. The standard InChI is InChI=1S/C19H21F3N2O4S/c1-3-27-15-7-5-13(6-8-15)18-23-14(11-29-18)9-16(25)24(12-19(20,21)22)10-17(26)28-4-2/h5-8,11H,3-4,9-10,12H2,1-2H3. The first-order valence-corrected chi connectivity index (χ1v) is 9.77. The van der Waals surface area contributed by atoms with Gasteiger partial charge in [-0.25, -0.2) is 4.98 Å². The number of benzene rings is 1. The summed E-state index contributed by atoms with van der Waals surface area (Å²) in [7, 11) is 0. The number of hydrogen-bond acceptors (Lipinski definition) is 6. The minimum Gasteiger partial charge on any atom is -0.494 e. The second-order valence-electron chi connectivity index (χ2n) is 5.95. The van der Waals surface area contributed by atoms with Crippen LogP contribution in [0, 0.1) is 0 Å². The molecular formula is C19H21F3N2O4S. The number of aromatic nitrogens is 1. The van der Waals surface area contributed by atoms with Crippen molar-refractivity contribution in [3.8, 4) is 16.3 Å². The van der Waals surface area contributed by atoms with Gasteiger partial charge in [-0.3, -0.25) is 9.59 Å². The van der Waals surface area contributed by atoms with Crippen LogP contribution in [0.3, 0.4) is 0 Å². The van der Waals surface area contributed by atoms with Crippen LogP contribution in [-0.2, 0) is 20.7 Å². The molecule has 6 nitrogen and oxygen atoms in total. The Labute approximate surface area is 170 Å². The molecule has 0 aliphatic carbocycles. The minimum atomic E-state index is -4.63. The zero-order chi connectivity index (χ0) is 21.4. The van der Waals surface area contributed by atoms with Crippen molar-refractivity contribution in [3.05, 3.63) is 35.3 Å². The van der Waals surface area contributed by atoms with E-state index < -0.39 is 31.1 Å². The molecule has 2 rings (SSSR count). The first kappa shape index (κ1) is 22.7. The van der Waals surface area contributed by atoms with Crippen molar-refractivity contribution < 1.29 is 32.2 Å². The summed E-state index contributed by atoms with van der Waals surface area (Å²) in [6, 6.07) is 7.20. The molecule has 0 aliphatic heterocycles.